The summed E-state index contributed by atoms with van der Waals surface area (Å²) in [5, 5.41) is 21.4. The van der Waals surface area contributed by atoms with Crippen LogP contribution >= 0.6 is 0 Å². The maximum Gasteiger partial charge on any atom is 0.344 e. The molecule has 1 aromatic rings. The van der Waals surface area contributed by atoms with Gasteiger partial charge in [0.15, 0.2) is 6.61 Å². The summed E-state index contributed by atoms with van der Waals surface area (Å²) in [6.07, 6.45) is 8.78. The van der Waals surface area contributed by atoms with E-state index in [-0.39, 0.29) is 47.6 Å². The van der Waals surface area contributed by atoms with E-state index in [1.54, 1.807) is 0 Å². The molecular formula is C33H52O5. The number of aliphatic hydroxyl groups is 2. The zero-order valence-corrected chi connectivity index (χ0v) is 24.7. The van der Waals surface area contributed by atoms with Crippen LogP contribution in [0.25, 0.3) is 0 Å². The minimum absolute atomic E-state index is 0.0763. The van der Waals surface area contributed by atoms with Crippen molar-refractivity contribution in [1.82, 2.24) is 0 Å². The maximum absolute atomic E-state index is 12.8. The zero-order valence-electron chi connectivity index (χ0n) is 24.7. The Bertz CT molecular complexity index is 953. The highest BCUT2D eigenvalue weighted by Crippen LogP contribution is 2.56. The number of carbonyl (C=O) groups excluding carboxylic acids is 1. The summed E-state index contributed by atoms with van der Waals surface area (Å²) in [5.41, 5.74) is 2.47. The van der Waals surface area contributed by atoms with Gasteiger partial charge in [-0.05, 0) is 91.2 Å². The predicted octanol–water partition coefficient (Wildman–Crippen LogP) is 6.50. The average Bonchev–Trinajstić information content (AvgIpc) is 3.24. The van der Waals surface area contributed by atoms with Crippen LogP contribution in [-0.4, -0.2) is 41.1 Å². The maximum atomic E-state index is 12.8. The van der Waals surface area contributed by atoms with E-state index in [4.69, 9.17) is 9.47 Å². The molecule has 0 radical (unpaired) electrons. The lowest BCUT2D eigenvalue weighted by atomic mass is 9.67. The van der Waals surface area contributed by atoms with Crippen molar-refractivity contribution in [3.8, 4) is 5.75 Å². The number of carbonyl (C=O) groups is 1. The minimum atomic E-state index is -0.303. The van der Waals surface area contributed by atoms with Gasteiger partial charge in [-0.3, -0.25) is 0 Å². The van der Waals surface area contributed by atoms with Crippen LogP contribution in [0.1, 0.15) is 104 Å². The molecule has 3 aliphatic rings. The summed E-state index contributed by atoms with van der Waals surface area (Å²) < 4.78 is 12.0. The molecule has 0 amide bonds. The molecule has 0 aromatic heterocycles. The van der Waals surface area contributed by atoms with Gasteiger partial charge in [0.05, 0.1) is 12.2 Å². The van der Waals surface area contributed by atoms with E-state index in [0.29, 0.717) is 17.8 Å². The fourth-order valence-corrected chi connectivity index (χ4v) is 7.58. The minimum Gasteiger partial charge on any atom is -0.482 e. The van der Waals surface area contributed by atoms with Crippen molar-refractivity contribution in [3.63, 3.8) is 0 Å². The Labute approximate surface area is 230 Å². The normalized spacial score (nSPS) is 31.9. The van der Waals surface area contributed by atoms with Crippen molar-refractivity contribution in [2.75, 3.05) is 6.61 Å². The van der Waals surface area contributed by atoms with Gasteiger partial charge in [-0.15, -0.1) is 0 Å². The third-order valence-corrected chi connectivity index (χ3v) is 11.2. The Morgan fingerprint density at radius 2 is 1.84 bits per heavy atom. The summed E-state index contributed by atoms with van der Waals surface area (Å²) in [6, 6.07) is 6.15. The number of hydrogen-bond donors (Lipinski definition) is 2. The Morgan fingerprint density at radius 3 is 2.53 bits per heavy atom. The Balaban J connectivity index is 1.34. The van der Waals surface area contributed by atoms with Crippen molar-refractivity contribution < 1.29 is 24.5 Å². The molecule has 5 nitrogen and oxygen atoms in total. The summed E-state index contributed by atoms with van der Waals surface area (Å²) in [4.78, 5) is 12.8. The number of fused-ring (bicyclic) bond motifs is 2. The quantitative estimate of drug-likeness (QED) is 0.253. The molecule has 2 fully saturated rings. The lowest BCUT2D eigenvalue weighted by molar-refractivity contribution is -0.158. The Kier molecular flexibility index (Phi) is 9.19. The molecule has 0 spiro atoms. The fraction of sp³-hybridized carbons (Fsp3) is 0.788. The molecule has 3 aliphatic carbocycles. The molecule has 2 saturated carbocycles. The van der Waals surface area contributed by atoms with E-state index < -0.39 is 0 Å². The first-order chi connectivity index (χ1) is 18.0. The average molecular weight is 529 g/mol. The van der Waals surface area contributed by atoms with Gasteiger partial charge >= 0.3 is 5.97 Å². The predicted molar refractivity (Wildman–Crippen MR) is 151 cm³/mol. The molecule has 2 N–H and O–H groups in total. The van der Waals surface area contributed by atoms with Gasteiger partial charge in [-0.25, -0.2) is 4.79 Å². The number of rotatable bonds is 11. The van der Waals surface area contributed by atoms with Crippen LogP contribution in [0.4, 0.5) is 0 Å². The summed E-state index contributed by atoms with van der Waals surface area (Å²) >= 11 is 0. The van der Waals surface area contributed by atoms with E-state index in [0.717, 1.165) is 57.1 Å². The lowest BCUT2D eigenvalue weighted by Gasteiger charge is -2.40. The molecule has 1 aromatic carbocycles. The van der Waals surface area contributed by atoms with Crippen molar-refractivity contribution in [3.05, 3.63) is 29.3 Å². The van der Waals surface area contributed by atoms with E-state index in [9.17, 15) is 15.0 Å². The van der Waals surface area contributed by atoms with Crippen molar-refractivity contribution in [2.24, 2.45) is 34.5 Å². The first-order valence-corrected chi connectivity index (χ1v) is 15.2. The third-order valence-electron chi connectivity index (χ3n) is 11.2. The molecule has 0 unspecified atom stereocenters. The molecule has 4 rings (SSSR count). The zero-order chi connectivity index (χ0) is 27.7. The smallest absolute Gasteiger partial charge is 0.344 e. The molecule has 7 atom stereocenters. The largest absolute Gasteiger partial charge is 0.482 e. The number of esters is 1. The fourth-order valence-electron chi connectivity index (χ4n) is 7.58. The first kappa shape index (κ1) is 29.4. The summed E-state index contributed by atoms with van der Waals surface area (Å²) in [7, 11) is 0. The van der Waals surface area contributed by atoms with Gasteiger partial charge in [-0.2, -0.15) is 0 Å². The molecule has 0 saturated heterocycles. The van der Waals surface area contributed by atoms with Crippen LogP contribution < -0.4 is 4.74 Å². The number of unbranched alkanes of at least 4 members (excludes halogenated alkanes) is 2. The van der Waals surface area contributed by atoms with Gasteiger partial charge in [0.25, 0.3) is 0 Å². The summed E-state index contributed by atoms with van der Waals surface area (Å²) in [5.74, 6) is 2.07. The van der Waals surface area contributed by atoms with Gasteiger partial charge in [-0.1, -0.05) is 72.9 Å². The van der Waals surface area contributed by atoms with Crippen LogP contribution in [-0.2, 0) is 22.4 Å². The second-order valence-electron chi connectivity index (χ2n) is 13.8. The standard InChI is InChI=1S/C33H52O5/c1-7-8-9-12-24(34)14-15-25-26-17-22-11-10-13-29(27(22)18-23(26)19-28(25)35)37-20-31(36)38-30-16-21(2)32(3,4)33(30,5)6/h10-11,13,21,23-26,28,30,34-35H,7-9,12,14-20H2,1-6H3/t21-,23+,24-,25-,26+,28-,30-/m1/s1. The number of aliphatic hydroxyl groups excluding tert-OH is 2. The molecular weight excluding hydrogens is 476 g/mol. The van der Waals surface area contributed by atoms with Crippen LogP contribution in [0.3, 0.4) is 0 Å². The first-order valence-electron chi connectivity index (χ1n) is 15.2. The van der Waals surface area contributed by atoms with E-state index in [1.165, 1.54) is 24.0 Å². The van der Waals surface area contributed by atoms with Crippen molar-refractivity contribution >= 4 is 5.97 Å². The second kappa shape index (κ2) is 11.9. The van der Waals surface area contributed by atoms with Crippen LogP contribution in [0.2, 0.25) is 0 Å². The van der Waals surface area contributed by atoms with E-state index in [1.807, 2.05) is 12.1 Å². The highest BCUT2D eigenvalue weighted by Gasteiger charge is 2.54. The number of benzene rings is 1. The van der Waals surface area contributed by atoms with Crippen LogP contribution in [0.5, 0.6) is 5.75 Å². The van der Waals surface area contributed by atoms with Gasteiger partial charge < -0.3 is 19.7 Å². The SMILES string of the molecule is CCCCC[C@@H](O)CC[C@@H]1[C@H]2Cc3cccc(OCC(=O)O[C@@H]4C[C@@H](C)C(C)(C)C4(C)C)c3C[C@H]2C[C@H]1O. The molecule has 0 aliphatic heterocycles. The molecule has 0 bridgehead atoms. The third kappa shape index (κ3) is 5.94. The van der Waals surface area contributed by atoms with Gasteiger partial charge in [0, 0.05) is 5.41 Å². The molecule has 5 heteroatoms. The molecule has 38 heavy (non-hydrogen) atoms. The van der Waals surface area contributed by atoms with Crippen LogP contribution in [0, 0.1) is 34.5 Å². The van der Waals surface area contributed by atoms with Gasteiger partial charge in [0.1, 0.15) is 11.9 Å². The highest BCUT2D eigenvalue weighted by atomic mass is 16.6. The molecule has 214 valence electrons. The Hall–Kier alpha value is -1.59. The summed E-state index contributed by atoms with van der Waals surface area (Å²) in [6.45, 7) is 13.3. The number of hydrogen-bond acceptors (Lipinski definition) is 5. The Morgan fingerprint density at radius 1 is 1.08 bits per heavy atom. The molecule has 0 heterocycles. The van der Waals surface area contributed by atoms with Crippen LogP contribution in [0.15, 0.2) is 18.2 Å². The van der Waals surface area contributed by atoms with Crippen molar-refractivity contribution in [2.45, 2.75) is 124 Å². The lowest BCUT2D eigenvalue weighted by Crippen LogP contribution is -2.39. The van der Waals surface area contributed by atoms with Gasteiger partial charge in [0.2, 0.25) is 0 Å². The second-order valence-corrected chi connectivity index (χ2v) is 13.8. The van der Waals surface area contributed by atoms with E-state index in [2.05, 4.69) is 47.6 Å². The topological polar surface area (TPSA) is 76.0 Å². The highest BCUT2D eigenvalue weighted by molar-refractivity contribution is 5.71. The monoisotopic (exact) mass is 528 g/mol. The van der Waals surface area contributed by atoms with Crippen molar-refractivity contribution in [1.29, 1.82) is 0 Å². The van der Waals surface area contributed by atoms with E-state index >= 15 is 0 Å². The number of ether oxygens (including phenoxy) is 2.